The van der Waals surface area contributed by atoms with Crippen LogP contribution in [0.2, 0.25) is 0 Å². The quantitative estimate of drug-likeness (QED) is 0.507. The van der Waals surface area contributed by atoms with Crippen molar-refractivity contribution in [3.05, 3.63) is 34.4 Å². The summed E-state index contributed by atoms with van der Waals surface area (Å²) in [4.78, 5) is 37.9. The van der Waals surface area contributed by atoms with Crippen molar-refractivity contribution in [2.24, 2.45) is 10.8 Å². The highest BCUT2D eigenvalue weighted by molar-refractivity contribution is 6.24. The number of likely N-dealkylation sites (N-methyl/N-ethyl adjacent to an activating group) is 2. The second kappa shape index (κ2) is 5.43. The maximum atomic E-state index is 12.9. The average Bonchev–Trinajstić information content (AvgIpc) is 2.61. The summed E-state index contributed by atoms with van der Waals surface area (Å²) in [7, 11) is 3.12. The zero-order valence-corrected chi connectivity index (χ0v) is 15.8. The van der Waals surface area contributed by atoms with Gasteiger partial charge in [0.15, 0.2) is 5.78 Å². The van der Waals surface area contributed by atoms with E-state index in [0.717, 1.165) is 0 Å². The summed E-state index contributed by atoms with van der Waals surface area (Å²) in [6, 6.07) is 0. The van der Waals surface area contributed by atoms with Gasteiger partial charge in [-0.05, 0) is 28.6 Å². The molecular formula is C19H26N2O3. The van der Waals surface area contributed by atoms with E-state index in [-0.39, 0.29) is 34.0 Å². The van der Waals surface area contributed by atoms with Gasteiger partial charge in [0, 0.05) is 25.2 Å². The summed E-state index contributed by atoms with van der Waals surface area (Å²) in [5.41, 5.74) is 1.13. The number of hydrogen-bond acceptors (Lipinski definition) is 3. The Hall–Kier alpha value is -2.17. The Morgan fingerprint density at radius 3 is 1.33 bits per heavy atom. The molecular weight excluding hydrogens is 304 g/mol. The van der Waals surface area contributed by atoms with Gasteiger partial charge in [-0.2, -0.15) is 0 Å². The van der Waals surface area contributed by atoms with Crippen LogP contribution in [0.4, 0.5) is 0 Å². The molecule has 1 saturated heterocycles. The number of ketones is 1. The van der Waals surface area contributed by atoms with Gasteiger partial charge < -0.3 is 0 Å². The summed E-state index contributed by atoms with van der Waals surface area (Å²) in [6.07, 6.45) is 3.41. The molecule has 130 valence electrons. The van der Waals surface area contributed by atoms with E-state index in [1.165, 1.54) is 10.0 Å². The smallest absolute Gasteiger partial charge is 0.278 e. The van der Waals surface area contributed by atoms with Gasteiger partial charge in [0.1, 0.15) is 5.57 Å². The Balaban J connectivity index is 2.77. The van der Waals surface area contributed by atoms with Crippen LogP contribution in [0.1, 0.15) is 41.5 Å². The number of hydrazine groups is 1. The molecule has 2 rings (SSSR count). The zero-order chi connectivity index (χ0) is 18.6. The SMILES string of the molecule is CN1C(=O)C(=C2C=C(C(C)(C)C)C(=O)C(C(C)(C)C)=C2)C(=O)N1C. The lowest BCUT2D eigenvalue weighted by Gasteiger charge is -2.31. The molecule has 0 radical (unpaired) electrons. The van der Waals surface area contributed by atoms with E-state index in [0.29, 0.717) is 16.7 Å². The second-order valence-corrected chi connectivity index (χ2v) is 8.43. The Bertz CT molecular complexity index is 667. The van der Waals surface area contributed by atoms with Crippen LogP contribution >= 0.6 is 0 Å². The minimum Gasteiger partial charge on any atom is -0.289 e. The molecule has 0 aromatic carbocycles. The van der Waals surface area contributed by atoms with Crippen LogP contribution in [0.5, 0.6) is 0 Å². The predicted octanol–water partition coefficient (Wildman–Crippen LogP) is 2.66. The van der Waals surface area contributed by atoms with Gasteiger partial charge in [-0.25, -0.2) is 0 Å². The third-order valence-corrected chi connectivity index (χ3v) is 4.46. The molecule has 0 bridgehead atoms. The van der Waals surface area contributed by atoms with Crippen molar-refractivity contribution in [3.63, 3.8) is 0 Å². The van der Waals surface area contributed by atoms with Crippen LogP contribution in [0.25, 0.3) is 0 Å². The molecule has 1 aliphatic carbocycles. The van der Waals surface area contributed by atoms with E-state index < -0.39 is 0 Å². The van der Waals surface area contributed by atoms with Crippen LogP contribution < -0.4 is 0 Å². The van der Waals surface area contributed by atoms with E-state index in [2.05, 4.69) is 0 Å². The number of allylic oxidation sites excluding steroid dienone is 5. The Morgan fingerprint density at radius 1 is 0.708 bits per heavy atom. The molecule has 0 N–H and O–H groups in total. The molecule has 0 saturated carbocycles. The van der Waals surface area contributed by atoms with Gasteiger partial charge in [0.25, 0.3) is 11.8 Å². The molecule has 0 spiro atoms. The Labute approximate surface area is 143 Å². The highest BCUT2D eigenvalue weighted by Gasteiger charge is 2.41. The third kappa shape index (κ3) is 2.83. The van der Waals surface area contributed by atoms with Crippen LogP contribution in [-0.2, 0) is 14.4 Å². The lowest BCUT2D eigenvalue weighted by atomic mass is 9.71. The predicted molar refractivity (Wildman–Crippen MR) is 92.6 cm³/mol. The van der Waals surface area contributed by atoms with Gasteiger partial charge in [0.2, 0.25) is 0 Å². The van der Waals surface area contributed by atoms with E-state index >= 15 is 0 Å². The minimum atomic E-state index is -0.379. The van der Waals surface area contributed by atoms with Crippen molar-refractivity contribution in [1.29, 1.82) is 0 Å². The molecule has 0 aromatic heterocycles. The molecule has 0 atom stereocenters. The van der Waals surface area contributed by atoms with Gasteiger partial charge in [-0.1, -0.05) is 41.5 Å². The Morgan fingerprint density at radius 2 is 1.04 bits per heavy atom. The standard InChI is InChI=1S/C19H26N2O3/c1-18(2,3)12-9-11(10-13(15(12)22)19(4,5)6)14-16(23)20(7)21(8)17(14)24/h9-10H,1-8H3. The van der Waals surface area contributed by atoms with Crippen molar-refractivity contribution in [2.75, 3.05) is 14.1 Å². The third-order valence-electron chi connectivity index (χ3n) is 4.46. The molecule has 1 fully saturated rings. The molecule has 1 aliphatic heterocycles. The van der Waals surface area contributed by atoms with Gasteiger partial charge >= 0.3 is 0 Å². The monoisotopic (exact) mass is 330 g/mol. The molecule has 0 unspecified atom stereocenters. The number of amides is 2. The first-order chi connectivity index (χ1) is 10.8. The summed E-state index contributed by atoms with van der Waals surface area (Å²) in [5, 5.41) is 2.58. The number of rotatable bonds is 0. The molecule has 5 heteroatoms. The lowest BCUT2D eigenvalue weighted by Crippen LogP contribution is -2.33. The first-order valence-electron chi connectivity index (χ1n) is 8.06. The Kier molecular flexibility index (Phi) is 4.11. The maximum absolute atomic E-state index is 12.9. The van der Waals surface area contributed by atoms with E-state index in [4.69, 9.17) is 0 Å². The van der Waals surface area contributed by atoms with Crippen LogP contribution in [0.15, 0.2) is 34.4 Å². The van der Waals surface area contributed by atoms with Gasteiger partial charge in [0.05, 0.1) is 0 Å². The molecule has 1 heterocycles. The number of hydrogen-bond donors (Lipinski definition) is 0. The number of Topliss-reactive ketones (excluding diaryl/α,β-unsaturated/α-hetero) is 1. The lowest BCUT2D eigenvalue weighted by molar-refractivity contribution is -0.141. The number of nitrogens with zero attached hydrogens (tertiary/aromatic N) is 2. The molecule has 5 nitrogen and oxygen atoms in total. The van der Waals surface area contributed by atoms with Gasteiger partial charge in [-0.3, -0.25) is 24.4 Å². The normalized spacial score (nSPS) is 20.1. The zero-order valence-electron chi connectivity index (χ0n) is 15.8. The summed E-state index contributed by atoms with van der Waals surface area (Å²) < 4.78 is 0. The fourth-order valence-corrected chi connectivity index (χ4v) is 2.82. The number of carbonyl (C=O) groups excluding carboxylic acids is 3. The van der Waals surface area contributed by atoms with E-state index in [9.17, 15) is 14.4 Å². The van der Waals surface area contributed by atoms with Crippen molar-refractivity contribution < 1.29 is 14.4 Å². The summed E-state index contributed by atoms with van der Waals surface area (Å²) >= 11 is 0. The van der Waals surface area contributed by atoms with Crippen molar-refractivity contribution >= 4 is 17.6 Å². The highest BCUT2D eigenvalue weighted by atomic mass is 16.2. The highest BCUT2D eigenvalue weighted by Crippen LogP contribution is 2.40. The topological polar surface area (TPSA) is 57.7 Å². The van der Waals surface area contributed by atoms with Crippen molar-refractivity contribution in [3.8, 4) is 0 Å². The van der Waals surface area contributed by atoms with Crippen LogP contribution in [-0.4, -0.2) is 41.7 Å². The molecule has 24 heavy (non-hydrogen) atoms. The van der Waals surface area contributed by atoms with E-state index in [1.807, 2.05) is 41.5 Å². The molecule has 2 amide bonds. The van der Waals surface area contributed by atoms with Crippen LogP contribution in [0, 0.1) is 10.8 Å². The summed E-state index contributed by atoms with van der Waals surface area (Å²) in [5.74, 6) is -0.708. The van der Waals surface area contributed by atoms with E-state index in [1.54, 1.807) is 26.2 Å². The first kappa shape index (κ1) is 18.2. The fraction of sp³-hybridized carbons (Fsp3) is 0.526. The van der Waals surface area contributed by atoms with Crippen molar-refractivity contribution in [2.45, 2.75) is 41.5 Å². The number of carbonyl (C=O) groups is 3. The summed E-state index contributed by atoms with van der Waals surface area (Å²) in [6.45, 7) is 11.8. The molecule has 0 aromatic rings. The van der Waals surface area contributed by atoms with Crippen LogP contribution in [0.3, 0.4) is 0 Å². The second-order valence-electron chi connectivity index (χ2n) is 8.43. The van der Waals surface area contributed by atoms with Crippen molar-refractivity contribution in [1.82, 2.24) is 10.0 Å². The maximum Gasteiger partial charge on any atom is 0.278 e. The first-order valence-corrected chi connectivity index (χ1v) is 8.06. The average molecular weight is 330 g/mol. The fourth-order valence-electron chi connectivity index (χ4n) is 2.82. The largest absolute Gasteiger partial charge is 0.289 e. The minimum absolute atomic E-state index is 0.0149. The van der Waals surface area contributed by atoms with Gasteiger partial charge in [-0.15, -0.1) is 0 Å². The molecule has 2 aliphatic rings.